The molecule has 9 heteroatoms. The highest BCUT2D eigenvalue weighted by Crippen LogP contribution is 2.45. The van der Waals surface area contributed by atoms with Gasteiger partial charge in [-0.05, 0) is 26.2 Å². The number of epoxide rings is 1. The zero-order valence-corrected chi connectivity index (χ0v) is 19.0. The summed E-state index contributed by atoms with van der Waals surface area (Å²) in [6.45, 7) is 15.0. The highest BCUT2D eigenvalue weighted by atomic mass is 16.6. The minimum atomic E-state index is -2.28. The van der Waals surface area contributed by atoms with E-state index in [1.165, 1.54) is 13.8 Å². The van der Waals surface area contributed by atoms with Crippen LogP contribution in [0.5, 0.6) is 0 Å². The molecule has 8 atom stereocenters. The van der Waals surface area contributed by atoms with E-state index in [9.17, 15) is 24.3 Å². The van der Waals surface area contributed by atoms with Gasteiger partial charge in [-0.1, -0.05) is 33.9 Å². The SMILES string of the molecule is C=C(C)C(=O)O[C@H]1[C@H]2C(=C)C(=O)O[C@@H]2C[C@@H](C)[C@@H]2O[C@@H]2C(=O)[C@](C)(O)[C@@H]1OC(=O)C(C)C. The lowest BCUT2D eigenvalue weighted by Crippen LogP contribution is -2.60. The number of ketones is 1. The van der Waals surface area contributed by atoms with Crippen molar-refractivity contribution in [1.29, 1.82) is 0 Å². The molecular formula is C23H30O9. The Morgan fingerprint density at radius 2 is 1.88 bits per heavy atom. The summed E-state index contributed by atoms with van der Waals surface area (Å²) in [5.74, 6) is -4.67. The summed E-state index contributed by atoms with van der Waals surface area (Å²) in [6, 6.07) is 0. The summed E-state index contributed by atoms with van der Waals surface area (Å²) in [4.78, 5) is 50.7. The molecule has 1 aliphatic carbocycles. The number of Topliss-reactive ketones (excluding diaryl/α,β-unsaturated/α-hetero) is 1. The topological polar surface area (TPSA) is 129 Å². The first-order valence-corrected chi connectivity index (χ1v) is 10.7. The molecule has 3 fully saturated rings. The first-order valence-electron chi connectivity index (χ1n) is 10.7. The van der Waals surface area contributed by atoms with Crippen LogP contribution < -0.4 is 0 Å². The van der Waals surface area contributed by atoms with Crippen molar-refractivity contribution in [2.24, 2.45) is 17.8 Å². The summed E-state index contributed by atoms with van der Waals surface area (Å²) < 4.78 is 22.2. The van der Waals surface area contributed by atoms with Gasteiger partial charge in [0, 0.05) is 11.1 Å². The number of ether oxygens (including phenoxy) is 4. The Balaban J connectivity index is 2.15. The first-order chi connectivity index (χ1) is 14.8. The highest BCUT2D eigenvalue weighted by molar-refractivity contribution is 5.95. The van der Waals surface area contributed by atoms with Crippen LogP contribution in [0.2, 0.25) is 0 Å². The van der Waals surface area contributed by atoms with Crippen LogP contribution >= 0.6 is 0 Å². The smallest absolute Gasteiger partial charge is 0.334 e. The predicted molar refractivity (Wildman–Crippen MR) is 110 cm³/mol. The summed E-state index contributed by atoms with van der Waals surface area (Å²) in [6.07, 6.45) is -4.91. The lowest BCUT2D eigenvalue weighted by atomic mass is 9.75. The van der Waals surface area contributed by atoms with Gasteiger partial charge in [0.1, 0.15) is 12.2 Å². The Kier molecular flexibility index (Phi) is 6.36. The second-order valence-electron chi connectivity index (χ2n) is 9.40. The number of esters is 3. The molecule has 9 nitrogen and oxygen atoms in total. The third-order valence-corrected chi connectivity index (χ3v) is 6.28. The monoisotopic (exact) mass is 450 g/mol. The number of fused-ring (bicyclic) bond motifs is 2. The summed E-state index contributed by atoms with van der Waals surface area (Å²) in [7, 11) is 0. The largest absolute Gasteiger partial charge is 0.458 e. The molecule has 0 amide bonds. The third kappa shape index (κ3) is 4.23. The molecule has 0 aromatic heterocycles. The number of rotatable bonds is 4. The van der Waals surface area contributed by atoms with Crippen LogP contribution in [0.1, 0.15) is 41.0 Å². The fourth-order valence-electron chi connectivity index (χ4n) is 4.26. The molecule has 0 aromatic carbocycles. The van der Waals surface area contributed by atoms with Crippen LogP contribution in [0.3, 0.4) is 0 Å². The Bertz CT molecular complexity index is 871. The minimum Gasteiger partial charge on any atom is -0.458 e. The van der Waals surface area contributed by atoms with E-state index in [0.29, 0.717) is 6.42 Å². The molecule has 3 aliphatic rings. The number of carbonyl (C=O) groups excluding carboxylic acids is 4. The Morgan fingerprint density at radius 1 is 1.25 bits per heavy atom. The number of hydrogen-bond acceptors (Lipinski definition) is 9. The second-order valence-corrected chi connectivity index (χ2v) is 9.40. The fraction of sp³-hybridized carbons (Fsp3) is 0.652. The van der Waals surface area contributed by atoms with Gasteiger partial charge in [-0.3, -0.25) is 9.59 Å². The standard InChI is InChI=1S/C23H30O9/c1-9(2)20(25)31-16-14-12(6)22(27)29-13(14)8-11(5)15-17(30-15)18(24)23(7,28)19(16)32-21(26)10(3)4/h10-11,13-17,19,28H,1,6,8H2,2-5,7H3/t11-,13-,14+,15+,16+,17+,19-,23+/m1/s1. The van der Waals surface area contributed by atoms with Crippen LogP contribution in [0.15, 0.2) is 24.3 Å². The van der Waals surface area contributed by atoms with E-state index in [1.54, 1.807) is 13.8 Å². The molecule has 2 aliphatic heterocycles. The van der Waals surface area contributed by atoms with Gasteiger partial charge in [0.2, 0.25) is 0 Å². The maximum atomic E-state index is 13.2. The maximum absolute atomic E-state index is 13.2. The van der Waals surface area contributed by atoms with Gasteiger partial charge >= 0.3 is 17.9 Å². The molecular weight excluding hydrogens is 420 g/mol. The van der Waals surface area contributed by atoms with Crippen LogP contribution in [0.4, 0.5) is 0 Å². The van der Waals surface area contributed by atoms with E-state index in [4.69, 9.17) is 18.9 Å². The van der Waals surface area contributed by atoms with Crippen LogP contribution in [0.25, 0.3) is 0 Å². The number of hydrogen-bond donors (Lipinski definition) is 1. The molecule has 1 saturated carbocycles. The van der Waals surface area contributed by atoms with E-state index in [1.807, 2.05) is 6.92 Å². The van der Waals surface area contributed by atoms with Crippen molar-refractivity contribution in [2.75, 3.05) is 0 Å². The fourth-order valence-corrected chi connectivity index (χ4v) is 4.26. The van der Waals surface area contributed by atoms with Gasteiger partial charge in [-0.15, -0.1) is 0 Å². The molecule has 0 spiro atoms. The van der Waals surface area contributed by atoms with Crippen molar-refractivity contribution in [3.63, 3.8) is 0 Å². The van der Waals surface area contributed by atoms with Crippen molar-refractivity contribution >= 4 is 23.7 Å². The van der Waals surface area contributed by atoms with E-state index < -0.39 is 71.6 Å². The maximum Gasteiger partial charge on any atom is 0.334 e. The van der Waals surface area contributed by atoms with Gasteiger partial charge in [0.15, 0.2) is 23.6 Å². The lowest BCUT2D eigenvalue weighted by molar-refractivity contribution is -0.199. The molecule has 3 rings (SSSR count). The molecule has 0 radical (unpaired) electrons. The van der Waals surface area contributed by atoms with E-state index in [0.717, 1.165) is 0 Å². The first kappa shape index (κ1) is 24.1. The Morgan fingerprint density at radius 3 is 2.44 bits per heavy atom. The van der Waals surface area contributed by atoms with Gasteiger partial charge in [0.05, 0.1) is 17.9 Å². The summed E-state index contributed by atoms with van der Waals surface area (Å²) >= 11 is 0. The second kappa shape index (κ2) is 8.44. The van der Waals surface area contributed by atoms with Gasteiger partial charge in [-0.2, -0.15) is 0 Å². The van der Waals surface area contributed by atoms with Crippen molar-refractivity contribution in [2.45, 2.75) is 77.2 Å². The minimum absolute atomic E-state index is 0.00407. The molecule has 176 valence electrons. The summed E-state index contributed by atoms with van der Waals surface area (Å²) in [5.41, 5.74) is -2.23. The molecule has 1 N–H and O–H groups in total. The quantitative estimate of drug-likeness (QED) is 0.291. The van der Waals surface area contributed by atoms with Crippen LogP contribution in [-0.2, 0) is 38.1 Å². The van der Waals surface area contributed by atoms with E-state index in [-0.39, 0.29) is 17.1 Å². The molecule has 32 heavy (non-hydrogen) atoms. The Labute approximate surface area is 186 Å². The molecule has 2 heterocycles. The zero-order chi connectivity index (χ0) is 24.1. The van der Waals surface area contributed by atoms with Crippen LogP contribution in [0, 0.1) is 17.8 Å². The Hall–Kier alpha value is -2.52. The highest BCUT2D eigenvalue weighted by Gasteiger charge is 2.63. The zero-order valence-electron chi connectivity index (χ0n) is 19.0. The molecule has 0 unspecified atom stereocenters. The van der Waals surface area contributed by atoms with Gasteiger partial charge < -0.3 is 24.1 Å². The van der Waals surface area contributed by atoms with Crippen molar-refractivity contribution in [1.82, 2.24) is 0 Å². The molecule has 0 aromatic rings. The number of carbonyl (C=O) groups is 4. The third-order valence-electron chi connectivity index (χ3n) is 6.28. The molecule has 0 bridgehead atoms. The van der Waals surface area contributed by atoms with E-state index in [2.05, 4.69) is 13.2 Å². The average Bonchev–Trinajstić information content (AvgIpc) is 3.45. The van der Waals surface area contributed by atoms with Crippen molar-refractivity contribution in [3.8, 4) is 0 Å². The van der Waals surface area contributed by atoms with E-state index >= 15 is 0 Å². The average molecular weight is 450 g/mol. The van der Waals surface area contributed by atoms with Crippen molar-refractivity contribution in [3.05, 3.63) is 24.3 Å². The molecule has 2 saturated heterocycles. The van der Waals surface area contributed by atoms with Crippen molar-refractivity contribution < 1.29 is 43.2 Å². The summed E-state index contributed by atoms with van der Waals surface area (Å²) in [5, 5.41) is 11.4. The van der Waals surface area contributed by atoms with Crippen LogP contribution in [-0.4, -0.2) is 64.9 Å². The normalized spacial score (nSPS) is 39.0. The predicted octanol–water partition coefficient (Wildman–Crippen LogP) is 1.27. The van der Waals surface area contributed by atoms with Gasteiger partial charge in [-0.25, -0.2) is 9.59 Å². The number of aliphatic hydroxyl groups is 1. The lowest BCUT2D eigenvalue weighted by Gasteiger charge is -2.40. The van der Waals surface area contributed by atoms with Gasteiger partial charge in [0.25, 0.3) is 0 Å².